The number of carbonyl (C=O) groups is 3. The number of hydrogen-bond acceptors (Lipinski definition) is 7. The van der Waals surface area contributed by atoms with E-state index in [9.17, 15) is 19.5 Å². The van der Waals surface area contributed by atoms with Gasteiger partial charge in [0.1, 0.15) is 11.8 Å². The minimum atomic E-state index is -1.54. The van der Waals surface area contributed by atoms with Gasteiger partial charge in [-0.15, -0.1) is 0 Å². The van der Waals surface area contributed by atoms with E-state index in [0.717, 1.165) is 11.8 Å². The summed E-state index contributed by atoms with van der Waals surface area (Å²) in [4.78, 5) is 48.1. The normalized spacial score (nSPS) is 17.4. The van der Waals surface area contributed by atoms with Crippen molar-refractivity contribution < 1.29 is 24.2 Å². The van der Waals surface area contributed by atoms with Crippen LogP contribution in [0.3, 0.4) is 0 Å². The summed E-state index contributed by atoms with van der Waals surface area (Å²) >= 11 is 0. The van der Waals surface area contributed by atoms with Gasteiger partial charge in [0.15, 0.2) is 0 Å². The predicted octanol–water partition coefficient (Wildman–Crippen LogP) is 3.82. The van der Waals surface area contributed by atoms with Gasteiger partial charge in [-0.2, -0.15) is 0 Å². The van der Waals surface area contributed by atoms with E-state index in [2.05, 4.69) is 15.3 Å². The van der Waals surface area contributed by atoms with Crippen LogP contribution in [-0.2, 0) is 21.7 Å². The second-order valence-corrected chi connectivity index (χ2v) is 9.65. The molecule has 9 heteroatoms. The fourth-order valence-corrected chi connectivity index (χ4v) is 5.16. The van der Waals surface area contributed by atoms with E-state index in [-0.39, 0.29) is 25.0 Å². The van der Waals surface area contributed by atoms with Crippen molar-refractivity contribution in [3.63, 3.8) is 0 Å². The molecule has 0 unspecified atom stereocenters. The highest BCUT2D eigenvalue weighted by Crippen LogP contribution is 2.42. The molecule has 0 bridgehead atoms. The number of ether oxygens (including phenoxy) is 1. The third kappa shape index (κ3) is 5.06. The number of carbonyl (C=O) groups excluding carboxylic acids is 2. The highest BCUT2D eigenvalue weighted by atomic mass is 16.5. The largest absolute Gasteiger partial charge is 0.478 e. The average Bonchev–Trinajstić information content (AvgIpc) is 3.07. The van der Waals surface area contributed by atoms with Gasteiger partial charge in [-0.05, 0) is 37.1 Å². The lowest BCUT2D eigenvalue weighted by atomic mass is 9.77. The minimum Gasteiger partial charge on any atom is -0.478 e. The van der Waals surface area contributed by atoms with Crippen molar-refractivity contribution in [2.75, 3.05) is 11.4 Å². The van der Waals surface area contributed by atoms with Crippen molar-refractivity contribution in [3.8, 4) is 6.01 Å². The molecular weight excluding hydrogens is 508 g/mol. The van der Waals surface area contributed by atoms with Crippen LogP contribution in [-0.4, -0.2) is 45.9 Å². The minimum absolute atomic E-state index is 0.0674. The molecule has 0 fully saturated rings. The lowest BCUT2D eigenvalue weighted by Crippen LogP contribution is -2.58. The number of hydrogen-bond donors (Lipinski definition) is 2. The zero-order valence-corrected chi connectivity index (χ0v) is 22.1. The first kappa shape index (κ1) is 26.7. The summed E-state index contributed by atoms with van der Waals surface area (Å²) in [6.07, 6.45) is -0.781. The van der Waals surface area contributed by atoms with Gasteiger partial charge in [-0.1, -0.05) is 72.8 Å². The van der Waals surface area contributed by atoms with Crippen LogP contribution >= 0.6 is 0 Å². The predicted molar refractivity (Wildman–Crippen MR) is 148 cm³/mol. The Balaban J connectivity index is 1.69. The molecule has 0 saturated carbocycles. The van der Waals surface area contributed by atoms with E-state index in [1.807, 2.05) is 30.3 Å². The Morgan fingerprint density at radius 2 is 1.68 bits per heavy atom. The topological polar surface area (TPSA) is 122 Å². The SMILES string of the molecule is Cc1cc(C)nc(O[C@H](C(=O)O)[C@@]2(c3ccccc3)NCC(=O)N(Cc3ccc(C=O)cc3)c3ccccc32)n1. The van der Waals surface area contributed by atoms with E-state index in [4.69, 9.17) is 4.74 Å². The van der Waals surface area contributed by atoms with Gasteiger partial charge in [0.25, 0.3) is 0 Å². The lowest BCUT2D eigenvalue weighted by Gasteiger charge is -2.39. The Kier molecular flexibility index (Phi) is 7.39. The number of nitrogens with one attached hydrogen (secondary N) is 1. The highest BCUT2D eigenvalue weighted by molar-refractivity contribution is 5.97. The fraction of sp³-hybridized carbons (Fsp3) is 0.194. The molecule has 202 valence electrons. The highest BCUT2D eigenvalue weighted by Gasteiger charge is 2.52. The van der Waals surface area contributed by atoms with Crippen molar-refractivity contribution in [2.24, 2.45) is 0 Å². The molecule has 0 radical (unpaired) electrons. The molecule has 5 rings (SSSR count). The number of nitrogens with zero attached hydrogens (tertiary/aromatic N) is 3. The van der Waals surface area contributed by atoms with Gasteiger partial charge < -0.3 is 14.7 Å². The van der Waals surface area contributed by atoms with E-state index in [1.54, 1.807) is 73.3 Å². The van der Waals surface area contributed by atoms with Gasteiger partial charge in [0.2, 0.25) is 12.0 Å². The van der Waals surface area contributed by atoms with Crippen LogP contribution in [0.2, 0.25) is 0 Å². The molecule has 0 spiro atoms. The first-order valence-electron chi connectivity index (χ1n) is 12.8. The maximum atomic E-state index is 13.7. The second kappa shape index (κ2) is 11.1. The van der Waals surface area contributed by atoms with Gasteiger partial charge in [0.05, 0.1) is 13.1 Å². The number of para-hydroxylation sites is 1. The van der Waals surface area contributed by atoms with Crippen LogP contribution in [0.4, 0.5) is 5.69 Å². The number of carboxylic acid groups (broad SMARTS) is 1. The van der Waals surface area contributed by atoms with Crippen LogP contribution in [0.15, 0.2) is 84.9 Å². The van der Waals surface area contributed by atoms with Crippen LogP contribution in [0.1, 0.15) is 38.4 Å². The quantitative estimate of drug-likeness (QED) is 0.326. The van der Waals surface area contributed by atoms with Gasteiger partial charge in [-0.25, -0.2) is 14.8 Å². The van der Waals surface area contributed by atoms with Crippen molar-refractivity contribution in [1.29, 1.82) is 0 Å². The molecule has 2 heterocycles. The number of carboxylic acids is 1. The first-order valence-corrected chi connectivity index (χ1v) is 12.8. The average molecular weight is 537 g/mol. The van der Waals surface area contributed by atoms with Crippen molar-refractivity contribution >= 4 is 23.9 Å². The first-order chi connectivity index (χ1) is 19.3. The Hall–Kier alpha value is -4.89. The number of rotatable bonds is 8. The van der Waals surface area contributed by atoms with Crippen LogP contribution in [0, 0.1) is 13.8 Å². The Bertz CT molecular complexity index is 1540. The fourth-order valence-electron chi connectivity index (χ4n) is 5.16. The van der Waals surface area contributed by atoms with Crippen molar-refractivity contribution in [1.82, 2.24) is 15.3 Å². The molecule has 9 nitrogen and oxygen atoms in total. The zero-order chi connectivity index (χ0) is 28.3. The number of aryl methyl sites for hydroxylation is 2. The summed E-state index contributed by atoms with van der Waals surface area (Å²) in [5.74, 6) is -1.50. The molecule has 0 saturated heterocycles. The van der Waals surface area contributed by atoms with Crippen LogP contribution in [0.5, 0.6) is 6.01 Å². The molecule has 2 N–H and O–H groups in total. The van der Waals surface area contributed by atoms with E-state index in [1.165, 1.54) is 0 Å². The summed E-state index contributed by atoms with van der Waals surface area (Å²) in [5, 5.41) is 13.9. The Morgan fingerprint density at radius 1 is 1.02 bits per heavy atom. The molecule has 2 atom stereocenters. The number of anilines is 1. The molecule has 0 aliphatic carbocycles. The zero-order valence-electron chi connectivity index (χ0n) is 22.1. The molecule has 1 aliphatic rings. The van der Waals surface area contributed by atoms with Gasteiger partial charge in [0, 0.05) is 28.2 Å². The summed E-state index contributed by atoms with van der Waals surface area (Å²) in [6, 6.07) is 25.0. The number of fused-ring (bicyclic) bond motifs is 1. The molecular formula is C31H28N4O5. The molecule has 1 aromatic heterocycles. The second-order valence-electron chi connectivity index (χ2n) is 9.65. The smallest absolute Gasteiger partial charge is 0.347 e. The summed E-state index contributed by atoms with van der Waals surface area (Å²) in [5.41, 5.74) is 2.82. The number of aldehydes is 1. The lowest BCUT2D eigenvalue weighted by molar-refractivity contribution is -0.149. The maximum absolute atomic E-state index is 13.7. The van der Waals surface area contributed by atoms with Gasteiger partial charge in [-0.3, -0.25) is 14.9 Å². The third-order valence-electron chi connectivity index (χ3n) is 6.93. The maximum Gasteiger partial charge on any atom is 0.347 e. The van der Waals surface area contributed by atoms with E-state index in [0.29, 0.717) is 33.8 Å². The van der Waals surface area contributed by atoms with E-state index >= 15 is 0 Å². The number of benzene rings is 3. The standard InChI is InChI=1S/C31H28N4O5/c1-20-16-21(2)34-30(33-20)40-28(29(38)39)31(24-8-4-3-5-9-24)25-10-6-7-11-26(25)35(27(37)17-32-31)18-22-12-14-23(19-36)15-13-22/h3-16,19,28,32H,17-18H2,1-2H3,(H,38,39)/t28-,31+/m1/s1. The molecule has 1 amide bonds. The molecule has 4 aromatic rings. The monoisotopic (exact) mass is 536 g/mol. The van der Waals surface area contributed by atoms with E-state index < -0.39 is 17.6 Å². The van der Waals surface area contributed by atoms with Gasteiger partial charge >= 0.3 is 12.0 Å². The molecule has 1 aliphatic heterocycles. The summed E-state index contributed by atoms with van der Waals surface area (Å²) in [6.45, 7) is 3.61. The Labute approximate surface area is 231 Å². The molecule has 40 heavy (non-hydrogen) atoms. The molecule has 3 aromatic carbocycles. The van der Waals surface area contributed by atoms with Crippen LogP contribution < -0.4 is 15.0 Å². The van der Waals surface area contributed by atoms with Crippen molar-refractivity contribution in [2.45, 2.75) is 32.0 Å². The number of amides is 1. The number of aliphatic carboxylic acids is 1. The summed E-state index contributed by atoms with van der Waals surface area (Å²) in [7, 11) is 0. The Morgan fingerprint density at radius 3 is 2.33 bits per heavy atom. The van der Waals surface area contributed by atoms with Crippen molar-refractivity contribution in [3.05, 3.63) is 119 Å². The number of aromatic nitrogens is 2. The third-order valence-corrected chi connectivity index (χ3v) is 6.93. The van der Waals surface area contributed by atoms with Crippen LogP contribution in [0.25, 0.3) is 0 Å². The summed E-state index contributed by atoms with van der Waals surface area (Å²) < 4.78 is 6.11.